The van der Waals surface area contributed by atoms with Crippen molar-refractivity contribution in [3.63, 3.8) is 0 Å². The van der Waals surface area contributed by atoms with E-state index in [2.05, 4.69) is 41.8 Å². The summed E-state index contributed by atoms with van der Waals surface area (Å²) in [5.74, 6) is -6.78. The first kappa shape index (κ1) is 59.4. The van der Waals surface area contributed by atoms with Gasteiger partial charge in [-0.3, -0.25) is 28.7 Å². The van der Waals surface area contributed by atoms with Crippen LogP contribution < -0.4 is 37.9 Å². The molecule has 0 unspecified atom stereocenters. The number of anilines is 1. The summed E-state index contributed by atoms with van der Waals surface area (Å²) in [5.41, 5.74) is 11.9. The summed E-state index contributed by atoms with van der Waals surface area (Å²) in [6, 6.07) is 9.05. The van der Waals surface area contributed by atoms with Gasteiger partial charge in [0, 0.05) is 44.1 Å². The normalized spacial score (nSPS) is 12.7. The molecule has 0 spiro atoms. The molecule has 0 aliphatic heterocycles. The van der Waals surface area contributed by atoms with Gasteiger partial charge in [0.2, 0.25) is 33.1 Å². The van der Waals surface area contributed by atoms with E-state index in [0.717, 1.165) is 0 Å². The number of benzene rings is 2. The molecule has 0 radical (unpaired) electrons. The van der Waals surface area contributed by atoms with E-state index in [1.54, 1.807) is 35.1 Å². The van der Waals surface area contributed by atoms with Crippen LogP contribution in [0.3, 0.4) is 0 Å². The van der Waals surface area contributed by atoms with Gasteiger partial charge in [0.25, 0.3) is 15.9 Å². The second-order valence-electron chi connectivity index (χ2n) is 16.9. The summed E-state index contributed by atoms with van der Waals surface area (Å²) in [4.78, 5) is 90.4. The predicted molar refractivity (Wildman–Crippen MR) is 262 cm³/mol. The smallest absolute Gasteiger partial charge is 0.329 e. The molecule has 404 valence electrons. The largest absolute Gasteiger partial charge is 0.508 e. The van der Waals surface area contributed by atoms with Gasteiger partial charge in [-0.25, -0.2) is 23.1 Å². The molecule has 0 aliphatic rings. The number of aromatic nitrogens is 5. The average molecular weight is 1080 g/mol. The molecule has 3 atom stereocenters. The molecule has 4 aromatic rings. The fourth-order valence-electron chi connectivity index (χ4n) is 7.16. The minimum atomic E-state index is -4.06. The molecule has 2 aromatic carbocycles. The lowest BCUT2D eigenvalue weighted by Gasteiger charge is -2.31. The number of phenols is 2. The minimum Gasteiger partial charge on any atom is -0.508 e. The van der Waals surface area contributed by atoms with Crippen LogP contribution in [0, 0.1) is 0 Å². The predicted octanol–water partition coefficient (Wildman–Crippen LogP) is -0.554. The number of aliphatic carboxylic acids is 1. The zero-order valence-electron chi connectivity index (χ0n) is 40.5. The summed E-state index contributed by atoms with van der Waals surface area (Å²) in [7, 11) is -4.06. The highest BCUT2D eigenvalue weighted by Crippen LogP contribution is 2.38. The number of phenolic OH excluding ortho intramolecular Hbond substituents is 2. The number of sulfonamides is 1. The van der Waals surface area contributed by atoms with Crippen LogP contribution >= 0.6 is 11.3 Å². The number of hydrogen-bond donors (Lipinski definition) is 10. The Kier molecular flexibility index (Phi) is 23.7. The Labute approximate surface area is 429 Å². The zero-order valence-corrected chi connectivity index (χ0v) is 42.1. The maximum Gasteiger partial charge on any atom is 0.329 e. The van der Waals surface area contributed by atoms with Crippen LogP contribution in [0.25, 0.3) is 0 Å². The van der Waals surface area contributed by atoms with E-state index in [0.29, 0.717) is 67.1 Å². The fourth-order valence-corrected chi connectivity index (χ4v) is 8.51. The van der Waals surface area contributed by atoms with Crippen molar-refractivity contribution in [2.45, 2.75) is 106 Å². The summed E-state index contributed by atoms with van der Waals surface area (Å²) in [5, 5.41) is 59.7. The third kappa shape index (κ3) is 20.4. The van der Waals surface area contributed by atoms with Crippen LogP contribution in [-0.2, 0) is 76.2 Å². The van der Waals surface area contributed by atoms with Crippen molar-refractivity contribution in [3.8, 4) is 11.5 Å². The monoisotopic (exact) mass is 1070 g/mol. The molecule has 0 bridgehead atoms. The van der Waals surface area contributed by atoms with E-state index < -0.39 is 92.3 Å². The standard InChI is InChI=1S/C45H62N12O15S2/c1-45(28-8-12-31(58)13-9-28,29-10-14-32(59)15-11-29)17-16-38(62)50-33(41(65)66)26-39(63)51-34(25-36(47)60)42(67)72-35(40(64)49-19-22-71-24-23-70-21-18-46)6-2-3-20-57-27-30(53-56-57)5-4-7-37(61)52-43-54-55-44(73-43)74(48,68)69/h8-15,27,33-35,58-59H,2-7,16-26,46H2,1H3,(H2,47,60)(H,49,64)(H,50,62)(H,51,63)(H,65,66)(H2,48,68,69)(H,52,54,61)/t33-,34-,35-/m0/s1. The molecular weight excluding hydrogens is 1010 g/mol. The van der Waals surface area contributed by atoms with Crippen LogP contribution in [0.5, 0.6) is 11.5 Å². The van der Waals surface area contributed by atoms with Crippen molar-refractivity contribution in [3.05, 3.63) is 71.5 Å². The number of carbonyl (C=O) groups is 7. The van der Waals surface area contributed by atoms with Crippen molar-refractivity contribution >= 4 is 68.0 Å². The van der Waals surface area contributed by atoms with Gasteiger partial charge in [-0.05, 0) is 73.9 Å². The lowest BCUT2D eigenvalue weighted by atomic mass is 9.73. The van der Waals surface area contributed by atoms with E-state index in [1.807, 2.05) is 6.92 Å². The van der Waals surface area contributed by atoms with Crippen molar-refractivity contribution in [2.75, 3.05) is 44.8 Å². The van der Waals surface area contributed by atoms with Crippen molar-refractivity contribution in [1.29, 1.82) is 0 Å². The fraction of sp³-hybridized carbons (Fsp3) is 0.489. The van der Waals surface area contributed by atoms with Crippen LogP contribution in [0.4, 0.5) is 5.13 Å². The highest BCUT2D eigenvalue weighted by molar-refractivity contribution is 7.91. The molecule has 27 nitrogen and oxygen atoms in total. The topological polar surface area (TPSA) is 425 Å². The van der Waals surface area contributed by atoms with Crippen molar-refractivity contribution < 1.29 is 71.5 Å². The maximum absolute atomic E-state index is 13.6. The highest BCUT2D eigenvalue weighted by Gasteiger charge is 2.34. The number of hydrogen-bond acceptors (Lipinski definition) is 20. The number of nitrogens with zero attached hydrogens (tertiary/aromatic N) is 5. The molecule has 29 heteroatoms. The number of esters is 1. The van der Waals surface area contributed by atoms with E-state index in [9.17, 15) is 57.3 Å². The van der Waals surface area contributed by atoms with Gasteiger partial charge in [-0.2, -0.15) is 0 Å². The molecule has 0 fully saturated rings. The number of unbranched alkanes of at least 4 members (excludes halogenated alkanes) is 1. The summed E-state index contributed by atoms with van der Waals surface area (Å²) in [6.45, 7) is 3.39. The molecule has 0 aliphatic carbocycles. The Bertz CT molecular complexity index is 2570. The number of primary sulfonamides is 1. The number of aromatic hydroxyl groups is 2. The Morgan fingerprint density at radius 3 is 2.03 bits per heavy atom. The number of rotatable bonds is 34. The Hall–Kier alpha value is -7.18. The number of aryl methyl sites for hydroxylation is 2. The Morgan fingerprint density at radius 1 is 0.797 bits per heavy atom. The molecule has 74 heavy (non-hydrogen) atoms. The Morgan fingerprint density at radius 2 is 1.43 bits per heavy atom. The minimum absolute atomic E-state index is 0.00540. The second kappa shape index (κ2) is 29.5. The second-order valence-corrected chi connectivity index (χ2v) is 19.6. The molecule has 2 aromatic heterocycles. The van der Waals surface area contributed by atoms with E-state index >= 15 is 0 Å². The number of carbonyl (C=O) groups excluding carboxylic acids is 6. The summed E-state index contributed by atoms with van der Waals surface area (Å²) >= 11 is 0.616. The van der Waals surface area contributed by atoms with Gasteiger partial charge in [0.1, 0.15) is 23.6 Å². The van der Waals surface area contributed by atoms with Crippen LogP contribution in [0.1, 0.15) is 81.5 Å². The molecule has 0 saturated heterocycles. The SMILES string of the molecule is CC(CCC(=O)N[C@@H](CC(=O)N[C@@H](CC(N)=O)C(=O)O[C@@H](CCCCn1cc(CCCC(=O)Nc2nnc(S(N)(=O)=O)s2)nn1)C(=O)NCCOCCOCCN)C(=O)O)(c1ccc(O)cc1)c1ccc(O)cc1. The first-order chi connectivity index (χ1) is 35.2. The van der Waals surface area contributed by atoms with Crippen LogP contribution in [0.15, 0.2) is 59.1 Å². The van der Waals surface area contributed by atoms with Crippen molar-refractivity contribution in [2.24, 2.45) is 16.6 Å². The number of amides is 5. The first-order valence-corrected chi connectivity index (χ1v) is 25.6. The summed E-state index contributed by atoms with van der Waals surface area (Å²) < 4.78 is 40.2. The van der Waals surface area contributed by atoms with E-state index in [1.165, 1.54) is 24.3 Å². The van der Waals surface area contributed by atoms with Gasteiger partial charge in [-0.15, -0.1) is 15.3 Å². The molecule has 4 rings (SSSR count). The lowest BCUT2D eigenvalue weighted by molar-refractivity contribution is -0.160. The third-order valence-corrected chi connectivity index (χ3v) is 13.2. The van der Waals surface area contributed by atoms with Gasteiger partial charge >= 0.3 is 11.9 Å². The number of primary amides is 1. The van der Waals surface area contributed by atoms with Gasteiger partial charge in [0.15, 0.2) is 6.10 Å². The maximum atomic E-state index is 13.6. The molecule has 0 saturated carbocycles. The van der Waals surface area contributed by atoms with Gasteiger partial charge < -0.3 is 62.3 Å². The van der Waals surface area contributed by atoms with Crippen molar-refractivity contribution in [1.82, 2.24) is 41.1 Å². The molecule has 13 N–H and O–H groups in total. The first-order valence-electron chi connectivity index (χ1n) is 23.2. The van der Waals surface area contributed by atoms with E-state index in [-0.39, 0.29) is 75.1 Å². The number of nitrogens with one attached hydrogen (secondary N) is 4. The average Bonchev–Trinajstić information content (AvgIpc) is 4.02. The number of nitrogens with two attached hydrogens (primary N) is 3. The number of carboxylic acid groups (broad SMARTS) is 1. The molecule has 5 amide bonds. The Balaban J connectivity index is 1.34. The van der Waals surface area contributed by atoms with Gasteiger partial charge in [0.05, 0.1) is 45.0 Å². The number of carboxylic acids is 1. The highest BCUT2D eigenvalue weighted by atomic mass is 32.2. The molecule has 2 heterocycles. The van der Waals surface area contributed by atoms with E-state index in [4.69, 9.17) is 30.8 Å². The number of ether oxygens (including phenoxy) is 3. The van der Waals surface area contributed by atoms with Gasteiger partial charge in [-0.1, -0.05) is 47.7 Å². The summed E-state index contributed by atoms with van der Waals surface area (Å²) in [6.07, 6.45) is -0.139. The quantitative estimate of drug-likeness (QED) is 0.0159. The third-order valence-electron chi connectivity index (χ3n) is 11.1. The molecular formula is C45H62N12O15S2. The lowest BCUT2D eigenvalue weighted by Crippen LogP contribution is -2.50. The zero-order chi connectivity index (χ0) is 54.3. The van der Waals surface area contributed by atoms with Crippen LogP contribution in [0.2, 0.25) is 0 Å². The van der Waals surface area contributed by atoms with Crippen LogP contribution in [-0.4, -0.2) is 148 Å².